The number of phosphoric acid groups is 6. The molecule has 1 aliphatic rings. The maximum atomic E-state index is 11.4. The first-order valence-electron chi connectivity index (χ1n) is 10.9. The molecule has 0 unspecified atom stereocenters. The van der Waals surface area contributed by atoms with E-state index in [1.807, 2.05) is 0 Å². The van der Waals surface area contributed by atoms with E-state index in [4.69, 9.17) is 75.3 Å². The molecular weight excluding hydrogens is 762 g/mol. The third-order valence-corrected chi connectivity index (χ3v) is 7.64. The molecule has 0 spiro atoms. The number of aliphatic carboxylic acids is 1. The molecule has 1 fully saturated rings. The van der Waals surface area contributed by atoms with Crippen molar-refractivity contribution in [1.82, 2.24) is 0 Å². The smallest absolute Gasteiger partial charge is 0.470 e. The monoisotopic (exact) mass is 792 g/mol. The van der Waals surface area contributed by atoms with Crippen molar-refractivity contribution >= 4 is 52.9 Å². The SMILES string of the molecule is NCCC[C@H](N)C(=O)O.O=P(O)(O)OC1C(OP(=O)(O)O)C(OP(=O)(O)O)C(OP(=O)(O)O)C(OP(=O)(O)O)C1OP(=O)(O)O. The van der Waals surface area contributed by atoms with E-state index in [0.29, 0.717) is 19.4 Å². The summed E-state index contributed by atoms with van der Waals surface area (Å²) in [6, 6.07) is -0.742. The molecule has 0 aliphatic heterocycles. The van der Waals surface area contributed by atoms with Gasteiger partial charge in [0.25, 0.3) is 0 Å². The van der Waals surface area contributed by atoms with Gasteiger partial charge in [0, 0.05) is 0 Å². The summed E-state index contributed by atoms with van der Waals surface area (Å²) in [5, 5.41) is 8.24. The van der Waals surface area contributed by atoms with Gasteiger partial charge in [-0.05, 0) is 19.4 Å². The minimum absolute atomic E-state index is 0.464. The molecule has 0 radical (unpaired) electrons. The fourth-order valence-electron chi connectivity index (χ4n) is 3.25. The zero-order chi connectivity index (χ0) is 36.0. The maximum Gasteiger partial charge on any atom is 0.470 e. The van der Waals surface area contributed by atoms with Crippen LogP contribution in [0, 0.1) is 0 Å². The topological polar surface area (TPSA) is 490 Å². The highest BCUT2D eigenvalue weighted by atomic mass is 31.2. The molecule has 270 valence electrons. The van der Waals surface area contributed by atoms with E-state index in [-0.39, 0.29) is 0 Å². The first kappa shape index (κ1) is 45.0. The van der Waals surface area contributed by atoms with E-state index in [1.165, 1.54) is 0 Å². The number of carbonyl (C=O) groups is 1. The highest BCUT2D eigenvalue weighted by Gasteiger charge is 2.62. The Balaban J connectivity index is 0.00000186. The van der Waals surface area contributed by atoms with Crippen molar-refractivity contribution in [3.63, 3.8) is 0 Å². The maximum absolute atomic E-state index is 11.4. The molecule has 28 nitrogen and oxygen atoms in total. The van der Waals surface area contributed by atoms with E-state index in [9.17, 15) is 32.2 Å². The minimum Gasteiger partial charge on any atom is -0.480 e. The molecule has 17 N–H and O–H groups in total. The first-order valence-corrected chi connectivity index (χ1v) is 20.1. The second kappa shape index (κ2) is 17.1. The van der Waals surface area contributed by atoms with Gasteiger partial charge < -0.3 is 75.3 Å². The van der Waals surface area contributed by atoms with E-state index < -0.39 is 95.6 Å². The van der Waals surface area contributed by atoms with Gasteiger partial charge in [-0.2, -0.15) is 0 Å². The second-order valence-electron chi connectivity index (χ2n) is 8.24. The van der Waals surface area contributed by atoms with E-state index >= 15 is 0 Å². The van der Waals surface area contributed by atoms with Gasteiger partial charge in [0.15, 0.2) is 0 Å². The van der Waals surface area contributed by atoms with Gasteiger partial charge in [0.1, 0.15) is 42.7 Å². The van der Waals surface area contributed by atoms with Gasteiger partial charge in [0.05, 0.1) is 0 Å². The summed E-state index contributed by atoms with van der Waals surface area (Å²) in [5.74, 6) is -0.955. The Morgan fingerprint density at radius 3 is 0.800 bits per heavy atom. The van der Waals surface area contributed by atoms with Crippen molar-refractivity contribution in [3.05, 3.63) is 0 Å². The molecule has 0 aromatic carbocycles. The number of hydrogen-bond acceptors (Lipinski definition) is 15. The second-order valence-corrected chi connectivity index (χ2v) is 15.4. The van der Waals surface area contributed by atoms with Crippen LogP contribution in [0.4, 0.5) is 0 Å². The minimum atomic E-state index is -6.02. The Morgan fingerprint density at radius 1 is 0.511 bits per heavy atom. The van der Waals surface area contributed by atoms with Crippen LogP contribution in [0.2, 0.25) is 0 Å². The van der Waals surface area contributed by atoms with Crippen LogP contribution in [-0.4, -0.2) is 119 Å². The lowest BCUT2D eigenvalue weighted by Crippen LogP contribution is -2.66. The Hall–Kier alpha value is 0.0500. The lowest BCUT2D eigenvalue weighted by Gasteiger charge is -2.48. The largest absolute Gasteiger partial charge is 0.480 e. The summed E-state index contributed by atoms with van der Waals surface area (Å²) in [7, 11) is -36.1. The Bertz CT molecular complexity index is 1030. The molecule has 0 aromatic heterocycles. The number of phosphoric ester groups is 6. The Morgan fingerprint density at radius 2 is 0.689 bits per heavy atom. The molecule has 0 heterocycles. The van der Waals surface area contributed by atoms with Crippen LogP contribution in [0.15, 0.2) is 0 Å². The van der Waals surface area contributed by atoms with Gasteiger partial charge in [-0.25, -0.2) is 27.4 Å². The van der Waals surface area contributed by atoms with Crippen LogP contribution in [0.3, 0.4) is 0 Å². The molecule has 1 rings (SSSR count). The van der Waals surface area contributed by atoms with E-state index in [2.05, 4.69) is 27.1 Å². The van der Waals surface area contributed by atoms with Crippen molar-refractivity contribution < 1.29 is 123 Å². The fourth-order valence-corrected chi connectivity index (χ4v) is 6.60. The van der Waals surface area contributed by atoms with Crippen LogP contribution in [-0.2, 0) is 59.3 Å². The lowest BCUT2D eigenvalue weighted by atomic mass is 9.85. The Kier molecular flexibility index (Phi) is 17.1. The number of hydrogen-bond donors (Lipinski definition) is 15. The first-order chi connectivity index (χ1) is 19.8. The van der Waals surface area contributed by atoms with Crippen molar-refractivity contribution in [2.45, 2.75) is 55.5 Å². The molecule has 0 amide bonds. The quantitative estimate of drug-likeness (QED) is 0.0662. The average Bonchev–Trinajstić information content (AvgIpc) is 2.75. The average molecular weight is 792 g/mol. The van der Waals surface area contributed by atoms with Crippen LogP contribution in [0.25, 0.3) is 0 Å². The number of rotatable bonds is 16. The predicted octanol–water partition coefficient (Wildman–Crippen LogP) is -4.00. The summed E-state index contributed by atoms with van der Waals surface area (Å²) in [6.45, 7) is 0.501. The zero-order valence-electron chi connectivity index (χ0n) is 21.6. The molecule has 1 atom stereocenters. The fraction of sp³-hybridized carbons (Fsp3) is 0.909. The van der Waals surface area contributed by atoms with Crippen molar-refractivity contribution in [3.8, 4) is 0 Å². The number of carboxylic acid groups (broad SMARTS) is 1. The van der Waals surface area contributed by atoms with Gasteiger partial charge in [0.2, 0.25) is 0 Å². The number of nitrogens with two attached hydrogens (primary N) is 2. The van der Waals surface area contributed by atoms with E-state index in [0.717, 1.165) is 0 Å². The normalized spacial score (nSPS) is 26.1. The number of carboxylic acids is 1. The standard InChI is InChI=1S/C6H18O24P6.C5H12N2O2/c7-31(8,9)25-1-2(26-32(10,11)12)4(28-34(16,17)18)6(30-36(22,23)24)5(29-35(19,20)21)3(1)27-33(13,14)15;6-3-1-2-4(7)5(8)9/h1-6H,(H2,7,8,9)(H2,10,11,12)(H2,13,14,15)(H2,16,17,18)(H2,19,20,21)(H2,22,23,24);4H,1-3,6-7H2,(H,8,9)/t;4-/m.0/s1. The predicted molar refractivity (Wildman–Crippen MR) is 135 cm³/mol. The molecule has 0 bridgehead atoms. The van der Waals surface area contributed by atoms with Gasteiger partial charge in [-0.3, -0.25) is 31.9 Å². The van der Waals surface area contributed by atoms with Crippen LogP contribution < -0.4 is 11.5 Å². The third kappa shape index (κ3) is 20.2. The summed E-state index contributed by atoms with van der Waals surface area (Å²) in [6.07, 6.45) is -17.7. The summed E-state index contributed by atoms with van der Waals surface area (Å²) in [4.78, 5) is 120. The zero-order valence-corrected chi connectivity index (χ0v) is 27.0. The van der Waals surface area contributed by atoms with Gasteiger partial charge >= 0.3 is 52.9 Å². The van der Waals surface area contributed by atoms with Crippen molar-refractivity contribution in [2.24, 2.45) is 11.5 Å². The highest BCUT2D eigenvalue weighted by Crippen LogP contribution is 2.57. The summed E-state index contributed by atoms with van der Waals surface area (Å²) < 4.78 is 93.1. The van der Waals surface area contributed by atoms with Crippen LogP contribution in [0.5, 0.6) is 0 Å². The van der Waals surface area contributed by atoms with Gasteiger partial charge in [-0.15, -0.1) is 0 Å². The van der Waals surface area contributed by atoms with Crippen LogP contribution in [0.1, 0.15) is 12.8 Å². The molecule has 1 aliphatic carbocycles. The highest BCUT2D eigenvalue weighted by molar-refractivity contribution is 7.47. The molecule has 34 heteroatoms. The molecule has 1 saturated carbocycles. The Labute approximate surface area is 250 Å². The van der Waals surface area contributed by atoms with Crippen LogP contribution >= 0.6 is 46.9 Å². The molecular formula is C11H30N2O26P6. The summed E-state index contributed by atoms with van der Waals surface area (Å²) in [5.41, 5.74) is 10.3. The van der Waals surface area contributed by atoms with Gasteiger partial charge in [-0.1, -0.05) is 0 Å². The molecule has 45 heavy (non-hydrogen) atoms. The van der Waals surface area contributed by atoms with Crippen molar-refractivity contribution in [2.75, 3.05) is 6.54 Å². The molecule has 0 saturated heterocycles. The summed E-state index contributed by atoms with van der Waals surface area (Å²) >= 11 is 0. The lowest BCUT2D eigenvalue weighted by molar-refractivity contribution is -0.202. The van der Waals surface area contributed by atoms with E-state index in [1.54, 1.807) is 0 Å². The molecule has 0 aromatic rings. The third-order valence-electron chi connectivity index (χ3n) is 4.53. The van der Waals surface area contributed by atoms with Crippen molar-refractivity contribution in [1.29, 1.82) is 0 Å².